The average molecular weight is 418 g/mol. The summed E-state index contributed by atoms with van der Waals surface area (Å²) >= 11 is 0. The molecule has 1 aliphatic rings. The molecule has 0 aromatic heterocycles. The molecule has 9 heteroatoms. The molecular weight excluding hydrogens is 396 g/mol. The number of nitrogens with one attached hydrogen (secondary N) is 2. The van der Waals surface area contributed by atoms with E-state index in [2.05, 4.69) is 10.0 Å². The number of cyclic esters (lactones) is 1. The van der Waals surface area contributed by atoms with Gasteiger partial charge in [-0.1, -0.05) is 18.2 Å². The maximum atomic E-state index is 12.3. The normalized spacial score (nSPS) is 16.8. The first-order valence-electron chi connectivity index (χ1n) is 9.01. The molecule has 0 bridgehead atoms. The van der Waals surface area contributed by atoms with Crippen LogP contribution in [0.3, 0.4) is 0 Å². The maximum absolute atomic E-state index is 12.3. The third-order valence-corrected chi connectivity index (χ3v) is 5.97. The Morgan fingerprint density at radius 3 is 2.55 bits per heavy atom. The van der Waals surface area contributed by atoms with Crippen molar-refractivity contribution in [3.05, 3.63) is 59.7 Å². The number of rotatable bonds is 8. The smallest absolute Gasteiger partial charge is 0.339 e. The van der Waals surface area contributed by atoms with E-state index in [0.717, 1.165) is 0 Å². The number of amides is 1. The second-order valence-corrected chi connectivity index (χ2v) is 8.45. The Bertz CT molecular complexity index is 1000. The number of carbonyl (C=O) groups excluding carboxylic acids is 2. The number of methoxy groups -OCH3 is 1. The molecule has 0 saturated heterocycles. The van der Waals surface area contributed by atoms with Crippen LogP contribution in [0, 0.1) is 0 Å². The lowest BCUT2D eigenvalue weighted by molar-refractivity contribution is -0.118. The van der Waals surface area contributed by atoms with E-state index in [1.54, 1.807) is 31.2 Å². The Kier molecular flexibility index (Phi) is 6.31. The summed E-state index contributed by atoms with van der Waals surface area (Å²) in [6.45, 7) is 1.95. The zero-order valence-corrected chi connectivity index (χ0v) is 16.9. The molecule has 0 fully saturated rings. The maximum Gasteiger partial charge on any atom is 0.339 e. The molecule has 2 atom stereocenters. The van der Waals surface area contributed by atoms with Crippen molar-refractivity contribution in [3.8, 4) is 0 Å². The van der Waals surface area contributed by atoms with Gasteiger partial charge in [0.15, 0.2) is 0 Å². The molecule has 0 aliphatic carbocycles. The molecular formula is C20H22N2O6S. The third-order valence-electron chi connectivity index (χ3n) is 4.37. The highest BCUT2D eigenvalue weighted by Gasteiger charge is 2.32. The first kappa shape index (κ1) is 21.0. The first-order valence-corrected chi connectivity index (χ1v) is 10.5. The van der Waals surface area contributed by atoms with E-state index in [1.165, 1.54) is 31.4 Å². The van der Waals surface area contributed by atoms with Crippen LogP contribution in [-0.2, 0) is 24.3 Å². The van der Waals surface area contributed by atoms with Crippen molar-refractivity contribution in [1.82, 2.24) is 4.72 Å². The Balaban J connectivity index is 1.62. The summed E-state index contributed by atoms with van der Waals surface area (Å²) in [7, 11) is -2.19. The molecule has 0 saturated carbocycles. The Hall–Kier alpha value is -2.75. The summed E-state index contributed by atoms with van der Waals surface area (Å²) in [5.41, 5.74) is 1.59. The predicted molar refractivity (Wildman–Crippen MR) is 106 cm³/mol. The molecule has 1 heterocycles. The second-order valence-electron chi connectivity index (χ2n) is 6.74. The molecule has 2 unspecified atom stereocenters. The topological polar surface area (TPSA) is 111 Å². The molecule has 3 rings (SSSR count). The molecule has 154 valence electrons. The van der Waals surface area contributed by atoms with Gasteiger partial charge >= 0.3 is 5.97 Å². The fourth-order valence-corrected chi connectivity index (χ4v) is 4.31. The molecule has 8 nitrogen and oxygen atoms in total. The van der Waals surface area contributed by atoms with E-state index in [0.29, 0.717) is 16.8 Å². The summed E-state index contributed by atoms with van der Waals surface area (Å²) in [5.74, 6) is -0.787. The van der Waals surface area contributed by atoms with Crippen LogP contribution in [0.15, 0.2) is 53.4 Å². The lowest BCUT2D eigenvalue weighted by atomic mass is 10.0. The summed E-state index contributed by atoms with van der Waals surface area (Å²) in [6.07, 6.45) is -0.663. The van der Waals surface area contributed by atoms with Crippen LogP contribution >= 0.6 is 0 Å². The van der Waals surface area contributed by atoms with E-state index in [9.17, 15) is 18.0 Å². The number of hydrogen-bond acceptors (Lipinski definition) is 6. The molecule has 2 aromatic rings. The minimum atomic E-state index is -3.69. The molecule has 2 aromatic carbocycles. The second kappa shape index (κ2) is 8.73. The SMILES string of the molecule is COCC(C)NS(=O)(=O)c1ccc(NC(=O)CC2OC(=O)c3ccccc32)cc1. The van der Waals surface area contributed by atoms with Gasteiger partial charge in [-0.3, -0.25) is 4.79 Å². The van der Waals surface area contributed by atoms with E-state index in [4.69, 9.17) is 9.47 Å². The highest BCUT2D eigenvalue weighted by Crippen LogP contribution is 2.33. The number of carbonyl (C=O) groups is 2. The van der Waals surface area contributed by atoms with Crippen molar-refractivity contribution in [2.75, 3.05) is 19.0 Å². The fraction of sp³-hybridized carbons (Fsp3) is 0.300. The standard InChI is InChI=1S/C20H22N2O6S/c1-13(12-27-2)22-29(25,26)15-9-7-14(8-10-15)21-19(23)11-18-16-5-3-4-6-17(16)20(24)28-18/h3-10,13,18,22H,11-12H2,1-2H3,(H,21,23). The van der Waals surface area contributed by atoms with Crippen molar-refractivity contribution < 1.29 is 27.5 Å². The molecule has 2 N–H and O–H groups in total. The van der Waals surface area contributed by atoms with Crippen LogP contribution in [0.5, 0.6) is 0 Å². The number of esters is 1. The summed E-state index contributed by atoms with van der Waals surface area (Å²) in [5, 5.41) is 2.69. The van der Waals surface area contributed by atoms with Gasteiger partial charge in [0, 0.05) is 24.4 Å². The van der Waals surface area contributed by atoms with Crippen molar-refractivity contribution in [3.63, 3.8) is 0 Å². The van der Waals surface area contributed by atoms with Gasteiger partial charge in [-0.05, 0) is 37.3 Å². The van der Waals surface area contributed by atoms with Gasteiger partial charge in [0.2, 0.25) is 15.9 Å². The van der Waals surface area contributed by atoms with E-state index in [-0.39, 0.29) is 29.9 Å². The monoisotopic (exact) mass is 418 g/mol. The summed E-state index contributed by atoms with van der Waals surface area (Å²) in [6, 6.07) is 12.4. The quantitative estimate of drug-likeness (QED) is 0.636. The van der Waals surface area contributed by atoms with Gasteiger partial charge in [-0.25, -0.2) is 17.9 Å². The summed E-state index contributed by atoms with van der Waals surface area (Å²) < 4.78 is 37.3. The van der Waals surface area contributed by atoms with Crippen LogP contribution in [0.25, 0.3) is 0 Å². The number of benzene rings is 2. The number of ether oxygens (including phenoxy) is 2. The number of anilines is 1. The van der Waals surface area contributed by atoms with Crippen molar-refractivity contribution in [1.29, 1.82) is 0 Å². The van der Waals surface area contributed by atoms with Crippen LogP contribution < -0.4 is 10.0 Å². The summed E-state index contributed by atoms with van der Waals surface area (Å²) in [4.78, 5) is 24.3. The van der Waals surface area contributed by atoms with Crippen LogP contribution in [0.2, 0.25) is 0 Å². The molecule has 0 spiro atoms. The van der Waals surface area contributed by atoms with Gasteiger partial charge in [0.1, 0.15) is 6.10 Å². The Labute approximate surface area is 169 Å². The highest BCUT2D eigenvalue weighted by atomic mass is 32.2. The Morgan fingerprint density at radius 1 is 1.17 bits per heavy atom. The van der Waals surface area contributed by atoms with Crippen LogP contribution in [0.4, 0.5) is 5.69 Å². The molecule has 0 radical (unpaired) electrons. The van der Waals surface area contributed by atoms with Crippen molar-refractivity contribution >= 4 is 27.6 Å². The zero-order chi connectivity index (χ0) is 21.0. The van der Waals surface area contributed by atoms with Gasteiger partial charge in [-0.15, -0.1) is 0 Å². The Morgan fingerprint density at radius 2 is 1.86 bits per heavy atom. The minimum Gasteiger partial charge on any atom is -0.453 e. The largest absolute Gasteiger partial charge is 0.453 e. The van der Waals surface area contributed by atoms with Crippen LogP contribution in [0.1, 0.15) is 35.4 Å². The number of hydrogen-bond donors (Lipinski definition) is 2. The lowest BCUT2D eigenvalue weighted by Gasteiger charge is -2.14. The van der Waals surface area contributed by atoms with E-state index in [1.807, 2.05) is 0 Å². The average Bonchev–Trinajstić information content (AvgIpc) is 2.98. The first-order chi connectivity index (χ1) is 13.8. The minimum absolute atomic E-state index is 0.0289. The number of fused-ring (bicyclic) bond motifs is 1. The third kappa shape index (κ3) is 5.00. The van der Waals surface area contributed by atoms with Crippen molar-refractivity contribution in [2.45, 2.75) is 30.4 Å². The van der Waals surface area contributed by atoms with E-state index < -0.39 is 22.1 Å². The van der Waals surface area contributed by atoms with Crippen LogP contribution in [-0.4, -0.2) is 40.1 Å². The van der Waals surface area contributed by atoms with Crippen molar-refractivity contribution in [2.24, 2.45) is 0 Å². The zero-order valence-electron chi connectivity index (χ0n) is 16.0. The van der Waals surface area contributed by atoms with E-state index >= 15 is 0 Å². The van der Waals surface area contributed by atoms with Gasteiger partial charge in [0.05, 0.1) is 23.5 Å². The number of sulfonamides is 1. The highest BCUT2D eigenvalue weighted by molar-refractivity contribution is 7.89. The fourth-order valence-electron chi connectivity index (χ4n) is 3.09. The molecule has 1 aliphatic heterocycles. The van der Waals surface area contributed by atoms with Gasteiger partial charge in [-0.2, -0.15) is 0 Å². The van der Waals surface area contributed by atoms with Gasteiger partial charge in [0.25, 0.3) is 0 Å². The molecule has 1 amide bonds. The lowest BCUT2D eigenvalue weighted by Crippen LogP contribution is -2.35. The molecule has 29 heavy (non-hydrogen) atoms. The predicted octanol–water partition coefficient (Wildman–Crippen LogP) is 2.24. The van der Waals surface area contributed by atoms with Gasteiger partial charge < -0.3 is 14.8 Å².